The molecular formula is C16H20ClN3OS. The van der Waals surface area contributed by atoms with Crippen LogP contribution in [0.5, 0.6) is 0 Å². The average Bonchev–Trinajstić information content (AvgIpc) is 2.82. The van der Waals surface area contributed by atoms with Gasteiger partial charge in [0.05, 0.1) is 16.4 Å². The van der Waals surface area contributed by atoms with Crippen molar-refractivity contribution >= 4 is 44.7 Å². The van der Waals surface area contributed by atoms with E-state index in [1.165, 1.54) is 11.3 Å². The molecule has 3 rings (SSSR count). The van der Waals surface area contributed by atoms with Crippen molar-refractivity contribution in [3.63, 3.8) is 0 Å². The van der Waals surface area contributed by atoms with Crippen LogP contribution >= 0.6 is 22.9 Å². The van der Waals surface area contributed by atoms with Crippen molar-refractivity contribution in [2.24, 2.45) is 5.92 Å². The average molecular weight is 338 g/mol. The Morgan fingerprint density at radius 3 is 2.64 bits per heavy atom. The molecule has 0 spiro atoms. The third kappa shape index (κ3) is 2.46. The van der Waals surface area contributed by atoms with E-state index in [1.54, 1.807) is 0 Å². The molecule has 2 aromatic rings. The minimum Gasteiger partial charge on any atom is -0.397 e. The molecule has 0 aliphatic carbocycles. The van der Waals surface area contributed by atoms with Gasteiger partial charge in [0.2, 0.25) is 0 Å². The quantitative estimate of drug-likeness (QED) is 0.855. The van der Waals surface area contributed by atoms with Crippen molar-refractivity contribution < 1.29 is 4.79 Å². The predicted octanol–water partition coefficient (Wildman–Crippen LogP) is 4.02. The standard InChI is InChI=1S/C16H20ClN3OS/c1-8-4-6-20(7-5-8)16(21)14-13(18)11-9(2)12(17)10(3)19-15(11)22-14/h8H,4-7,18H2,1-3H3. The number of carbonyl (C=O) groups is 1. The molecule has 0 unspecified atom stereocenters. The SMILES string of the molecule is Cc1nc2sc(C(=O)N3CCC(C)CC3)c(N)c2c(C)c1Cl. The summed E-state index contributed by atoms with van der Waals surface area (Å²) in [5.41, 5.74) is 8.46. The molecule has 1 aliphatic heterocycles. The van der Waals surface area contributed by atoms with Gasteiger partial charge in [0, 0.05) is 18.5 Å². The van der Waals surface area contributed by atoms with Crippen molar-refractivity contribution in [2.45, 2.75) is 33.6 Å². The number of anilines is 1. The van der Waals surface area contributed by atoms with E-state index in [1.807, 2.05) is 18.7 Å². The van der Waals surface area contributed by atoms with Gasteiger partial charge in [-0.15, -0.1) is 11.3 Å². The Bertz CT molecular complexity index is 748. The number of halogens is 1. The maximum absolute atomic E-state index is 12.8. The highest BCUT2D eigenvalue weighted by Gasteiger charge is 2.26. The molecule has 1 aliphatic rings. The number of nitrogens with zero attached hydrogens (tertiary/aromatic N) is 2. The summed E-state index contributed by atoms with van der Waals surface area (Å²) in [6.45, 7) is 7.64. The topological polar surface area (TPSA) is 59.2 Å². The zero-order chi connectivity index (χ0) is 16.0. The molecule has 2 N–H and O–H groups in total. The van der Waals surface area contributed by atoms with Gasteiger partial charge >= 0.3 is 0 Å². The van der Waals surface area contributed by atoms with Crippen LogP contribution < -0.4 is 5.73 Å². The zero-order valence-corrected chi connectivity index (χ0v) is 14.6. The van der Waals surface area contributed by atoms with Crippen LogP contribution in [0.3, 0.4) is 0 Å². The van der Waals surface area contributed by atoms with Crippen molar-refractivity contribution in [3.8, 4) is 0 Å². The van der Waals surface area contributed by atoms with Gasteiger partial charge in [-0.05, 0) is 38.2 Å². The summed E-state index contributed by atoms with van der Waals surface area (Å²) in [7, 11) is 0. The molecule has 118 valence electrons. The molecule has 0 atom stereocenters. The van der Waals surface area contributed by atoms with Gasteiger partial charge in [0.25, 0.3) is 5.91 Å². The third-order valence-electron chi connectivity index (χ3n) is 4.48. The number of hydrogen-bond donors (Lipinski definition) is 1. The largest absolute Gasteiger partial charge is 0.397 e. The number of amides is 1. The number of nitrogen functional groups attached to an aromatic ring is 1. The Hall–Kier alpha value is -1.33. The second kappa shape index (κ2) is 5.70. The minimum absolute atomic E-state index is 0.0283. The van der Waals surface area contributed by atoms with Crippen LogP contribution in [0.15, 0.2) is 0 Å². The van der Waals surface area contributed by atoms with Crippen LogP contribution in [0.2, 0.25) is 5.02 Å². The van der Waals surface area contributed by atoms with E-state index in [0.29, 0.717) is 21.5 Å². The number of rotatable bonds is 1. The van der Waals surface area contributed by atoms with E-state index >= 15 is 0 Å². The molecule has 2 aromatic heterocycles. The van der Waals surface area contributed by atoms with Gasteiger partial charge < -0.3 is 10.6 Å². The number of likely N-dealkylation sites (tertiary alicyclic amines) is 1. The summed E-state index contributed by atoms with van der Waals surface area (Å²) >= 11 is 7.65. The van der Waals surface area contributed by atoms with Gasteiger partial charge in [0.1, 0.15) is 9.71 Å². The number of carbonyl (C=O) groups excluding carboxylic acids is 1. The first-order chi connectivity index (χ1) is 10.4. The molecule has 4 nitrogen and oxygen atoms in total. The molecule has 0 radical (unpaired) electrons. The Balaban J connectivity index is 2.03. The molecule has 0 saturated carbocycles. The molecule has 0 aromatic carbocycles. The normalized spacial score (nSPS) is 16.5. The summed E-state index contributed by atoms with van der Waals surface area (Å²) in [6, 6.07) is 0. The summed E-state index contributed by atoms with van der Waals surface area (Å²) in [4.78, 5) is 20.6. The Kier molecular flexibility index (Phi) is 4.03. The molecule has 1 fully saturated rings. The molecular weight excluding hydrogens is 318 g/mol. The summed E-state index contributed by atoms with van der Waals surface area (Å²) in [5, 5.41) is 1.46. The lowest BCUT2D eigenvalue weighted by molar-refractivity contribution is 0.0703. The van der Waals surface area contributed by atoms with Crippen LogP contribution in [0, 0.1) is 19.8 Å². The minimum atomic E-state index is 0.0283. The molecule has 6 heteroatoms. The van der Waals surface area contributed by atoms with E-state index in [9.17, 15) is 4.79 Å². The van der Waals surface area contributed by atoms with E-state index < -0.39 is 0 Å². The fourth-order valence-electron chi connectivity index (χ4n) is 2.97. The van der Waals surface area contributed by atoms with Crippen molar-refractivity contribution in [1.29, 1.82) is 0 Å². The van der Waals surface area contributed by atoms with Gasteiger partial charge in [-0.25, -0.2) is 4.98 Å². The number of thiophene rings is 1. The van der Waals surface area contributed by atoms with E-state index in [2.05, 4.69) is 11.9 Å². The van der Waals surface area contributed by atoms with Crippen LogP contribution in [0.1, 0.15) is 40.7 Å². The highest BCUT2D eigenvalue weighted by Crippen LogP contribution is 2.39. The van der Waals surface area contributed by atoms with Crippen LogP contribution in [-0.2, 0) is 0 Å². The van der Waals surface area contributed by atoms with Crippen molar-refractivity contribution in [2.75, 3.05) is 18.8 Å². The monoisotopic (exact) mass is 337 g/mol. The third-order valence-corrected chi connectivity index (χ3v) is 6.13. The van der Waals surface area contributed by atoms with E-state index in [0.717, 1.165) is 47.4 Å². The smallest absolute Gasteiger partial charge is 0.266 e. The van der Waals surface area contributed by atoms with Crippen molar-refractivity contribution in [1.82, 2.24) is 9.88 Å². The molecule has 1 saturated heterocycles. The van der Waals surface area contributed by atoms with Gasteiger partial charge in [0.15, 0.2) is 0 Å². The fraction of sp³-hybridized carbons (Fsp3) is 0.500. The highest BCUT2D eigenvalue weighted by atomic mass is 35.5. The number of nitrogens with two attached hydrogens (primary N) is 1. The maximum Gasteiger partial charge on any atom is 0.266 e. The second-order valence-corrected chi connectivity index (χ2v) is 7.51. The van der Waals surface area contributed by atoms with Gasteiger partial charge in [-0.3, -0.25) is 4.79 Å². The number of hydrogen-bond acceptors (Lipinski definition) is 4. The van der Waals surface area contributed by atoms with Crippen LogP contribution in [-0.4, -0.2) is 28.9 Å². The second-order valence-electron chi connectivity index (χ2n) is 6.14. The van der Waals surface area contributed by atoms with Crippen LogP contribution in [0.25, 0.3) is 10.2 Å². The predicted molar refractivity (Wildman–Crippen MR) is 92.8 cm³/mol. The lowest BCUT2D eigenvalue weighted by atomic mass is 9.99. The Morgan fingerprint density at radius 1 is 1.36 bits per heavy atom. The number of piperidine rings is 1. The van der Waals surface area contributed by atoms with E-state index in [4.69, 9.17) is 17.3 Å². The van der Waals surface area contributed by atoms with Crippen molar-refractivity contribution in [3.05, 3.63) is 21.2 Å². The van der Waals surface area contributed by atoms with E-state index in [-0.39, 0.29) is 5.91 Å². The number of aryl methyl sites for hydroxylation is 2. The van der Waals surface area contributed by atoms with Crippen LogP contribution in [0.4, 0.5) is 5.69 Å². The summed E-state index contributed by atoms with van der Waals surface area (Å²) < 4.78 is 0. The maximum atomic E-state index is 12.8. The highest BCUT2D eigenvalue weighted by molar-refractivity contribution is 7.21. The first-order valence-corrected chi connectivity index (χ1v) is 8.73. The first-order valence-electron chi connectivity index (χ1n) is 7.54. The van der Waals surface area contributed by atoms with Gasteiger partial charge in [-0.2, -0.15) is 0 Å². The Labute approximate surface area is 139 Å². The Morgan fingerprint density at radius 2 is 2.00 bits per heavy atom. The molecule has 0 bridgehead atoms. The molecule has 3 heterocycles. The fourth-order valence-corrected chi connectivity index (χ4v) is 4.28. The lowest BCUT2D eigenvalue weighted by Gasteiger charge is -2.30. The molecule has 22 heavy (non-hydrogen) atoms. The zero-order valence-electron chi connectivity index (χ0n) is 13.1. The summed E-state index contributed by atoms with van der Waals surface area (Å²) in [6.07, 6.45) is 2.11. The summed E-state index contributed by atoms with van der Waals surface area (Å²) in [5.74, 6) is 0.717. The number of pyridine rings is 1. The van der Waals surface area contributed by atoms with Gasteiger partial charge in [-0.1, -0.05) is 18.5 Å². The lowest BCUT2D eigenvalue weighted by Crippen LogP contribution is -2.37. The first kappa shape index (κ1) is 15.6. The number of aromatic nitrogens is 1. The molecule has 1 amide bonds. The number of fused-ring (bicyclic) bond motifs is 1.